The van der Waals surface area contributed by atoms with Gasteiger partial charge in [0.25, 0.3) is 0 Å². The minimum absolute atomic E-state index is 0.347. The minimum atomic E-state index is 0.347. The molecule has 6 nitrogen and oxygen atoms in total. The third-order valence-electron chi connectivity index (χ3n) is 2.95. The molecule has 3 N–H and O–H groups in total. The minimum Gasteiger partial charge on any atom is -0.368 e. The van der Waals surface area contributed by atoms with E-state index in [1.165, 1.54) is 0 Å². The molecular weight excluding hydrogens is 276 g/mol. The number of nitrogens with one attached hydrogen (secondary N) is 1. The Bertz CT molecular complexity index is 739. The van der Waals surface area contributed by atoms with Crippen LogP contribution in [0.2, 0.25) is 5.02 Å². The standard InChI is InChI=1S/C13H13ClN6/c14-10-3-1-2-9(8-10)4-5-16-11-12-18-19-13(15)20(12)7-6-17-11/h1-3,6-8H,4-5H2,(H2,15,19)(H,16,17). The highest BCUT2D eigenvalue weighted by atomic mass is 35.5. The van der Waals surface area contributed by atoms with Crippen molar-refractivity contribution in [2.24, 2.45) is 0 Å². The van der Waals surface area contributed by atoms with Crippen molar-refractivity contribution in [1.82, 2.24) is 19.6 Å². The van der Waals surface area contributed by atoms with Crippen LogP contribution < -0.4 is 11.1 Å². The van der Waals surface area contributed by atoms with Crippen molar-refractivity contribution in [3.63, 3.8) is 0 Å². The highest BCUT2D eigenvalue weighted by Gasteiger charge is 2.07. The van der Waals surface area contributed by atoms with E-state index < -0.39 is 0 Å². The number of rotatable bonds is 4. The zero-order chi connectivity index (χ0) is 13.9. The molecule has 20 heavy (non-hydrogen) atoms. The molecule has 0 radical (unpaired) electrons. The Morgan fingerprint density at radius 2 is 2.20 bits per heavy atom. The maximum Gasteiger partial charge on any atom is 0.226 e. The topological polar surface area (TPSA) is 81.1 Å². The molecule has 102 valence electrons. The maximum absolute atomic E-state index is 5.95. The first-order valence-electron chi connectivity index (χ1n) is 6.17. The predicted molar refractivity (Wildman–Crippen MR) is 78.8 cm³/mol. The summed E-state index contributed by atoms with van der Waals surface area (Å²) in [6.45, 7) is 0.722. The lowest BCUT2D eigenvalue weighted by atomic mass is 10.1. The summed E-state index contributed by atoms with van der Waals surface area (Å²) in [5, 5.41) is 11.8. The van der Waals surface area contributed by atoms with Crippen LogP contribution in [-0.2, 0) is 6.42 Å². The fourth-order valence-corrected chi connectivity index (χ4v) is 2.20. The average molecular weight is 289 g/mol. The number of benzene rings is 1. The van der Waals surface area contributed by atoms with E-state index in [9.17, 15) is 0 Å². The van der Waals surface area contributed by atoms with Crippen molar-refractivity contribution in [2.75, 3.05) is 17.6 Å². The summed E-state index contributed by atoms with van der Waals surface area (Å²) in [6, 6.07) is 7.79. The quantitative estimate of drug-likeness (QED) is 0.767. The van der Waals surface area contributed by atoms with Gasteiger partial charge in [-0.1, -0.05) is 23.7 Å². The predicted octanol–water partition coefficient (Wildman–Crippen LogP) is 2.01. The molecule has 7 heteroatoms. The van der Waals surface area contributed by atoms with Crippen molar-refractivity contribution in [2.45, 2.75) is 6.42 Å². The molecule has 2 heterocycles. The Kier molecular flexibility index (Phi) is 3.39. The zero-order valence-corrected chi connectivity index (χ0v) is 11.4. The number of hydrogen-bond acceptors (Lipinski definition) is 5. The molecule has 0 fully saturated rings. The molecule has 0 bridgehead atoms. The molecule has 0 atom stereocenters. The van der Waals surface area contributed by atoms with Gasteiger partial charge in [-0.05, 0) is 24.1 Å². The molecule has 0 saturated heterocycles. The van der Waals surface area contributed by atoms with Crippen LogP contribution >= 0.6 is 11.6 Å². The van der Waals surface area contributed by atoms with Crippen LogP contribution in [0.4, 0.5) is 11.8 Å². The summed E-state index contributed by atoms with van der Waals surface area (Å²) in [6.07, 6.45) is 4.23. The first-order chi connectivity index (χ1) is 9.74. The van der Waals surface area contributed by atoms with Gasteiger partial charge in [0.15, 0.2) is 5.82 Å². The van der Waals surface area contributed by atoms with Gasteiger partial charge in [-0.3, -0.25) is 4.40 Å². The second-order valence-electron chi connectivity index (χ2n) is 4.33. The smallest absolute Gasteiger partial charge is 0.226 e. The highest BCUT2D eigenvalue weighted by Crippen LogP contribution is 2.14. The van der Waals surface area contributed by atoms with E-state index in [2.05, 4.69) is 20.5 Å². The van der Waals surface area contributed by atoms with E-state index in [1.807, 2.05) is 24.3 Å². The van der Waals surface area contributed by atoms with Crippen LogP contribution in [0.25, 0.3) is 5.65 Å². The third-order valence-corrected chi connectivity index (χ3v) is 3.18. The number of halogens is 1. The summed E-state index contributed by atoms with van der Waals surface area (Å²) >= 11 is 5.95. The fourth-order valence-electron chi connectivity index (χ4n) is 1.99. The van der Waals surface area contributed by atoms with Gasteiger partial charge in [-0.25, -0.2) is 4.98 Å². The van der Waals surface area contributed by atoms with E-state index in [4.69, 9.17) is 17.3 Å². The number of nitrogen functional groups attached to an aromatic ring is 1. The van der Waals surface area contributed by atoms with Crippen molar-refractivity contribution in [3.8, 4) is 0 Å². The van der Waals surface area contributed by atoms with Gasteiger partial charge in [0.1, 0.15) is 0 Å². The molecule has 0 amide bonds. The number of nitrogens with zero attached hydrogens (tertiary/aromatic N) is 4. The molecule has 2 aromatic heterocycles. The normalized spacial score (nSPS) is 10.8. The van der Waals surface area contributed by atoms with Crippen molar-refractivity contribution in [3.05, 3.63) is 47.2 Å². The summed E-state index contributed by atoms with van der Waals surface area (Å²) < 4.78 is 1.69. The van der Waals surface area contributed by atoms with Crippen LogP contribution in [0.1, 0.15) is 5.56 Å². The van der Waals surface area contributed by atoms with Gasteiger partial charge in [-0.2, -0.15) is 0 Å². The molecule has 3 rings (SSSR count). The van der Waals surface area contributed by atoms with Crippen molar-refractivity contribution >= 4 is 29.0 Å². The molecule has 3 aromatic rings. The summed E-state index contributed by atoms with van der Waals surface area (Å²) in [5.74, 6) is 1.01. The zero-order valence-electron chi connectivity index (χ0n) is 10.6. The maximum atomic E-state index is 5.95. The number of nitrogens with two attached hydrogens (primary N) is 1. The molecule has 0 aliphatic carbocycles. The Morgan fingerprint density at radius 3 is 3.05 bits per heavy atom. The van der Waals surface area contributed by atoms with Gasteiger partial charge < -0.3 is 11.1 Å². The number of hydrogen-bond donors (Lipinski definition) is 2. The van der Waals surface area contributed by atoms with Crippen LogP contribution in [0, 0.1) is 0 Å². The molecule has 1 aromatic carbocycles. The SMILES string of the molecule is Nc1nnc2c(NCCc3cccc(Cl)c3)nccn12. The molecular formula is C13H13ClN6. The van der Waals surface area contributed by atoms with Crippen LogP contribution in [0.3, 0.4) is 0 Å². The summed E-state index contributed by atoms with van der Waals surface area (Å²) in [7, 11) is 0. The van der Waals surface area contributed by atoms with Crippen LogP contribution in [-0.4, -0.2) is 26.1 Å². The lowest BCUT2D eigenvalue weighted by Gasteiger charge is -2.06. The van der Waals surface area contributed by atoms with E-state index >= 15 is 0 Å². The second-order valence-corrected chi connectivity index (χ2v) is 4.77. The third kappa shape index (κ3) is 2.50. The van der Waals surface area contributed by atoms with Gasteiger partial charge in [0.05, 0.1) is 0 Å². The monoisotopic (exact) mass is 288 g/mol. The molecule has 0 aliphatic heterocycles. The molecule has 0 aliphatic rings. The van der Waals surface area contributed by atoms with Crippen molar-refractivity contribution in [1.29, 1.82) is 0 Å². The average Bonchev–Trinajstić information content (AvgIpc) is 2.82. The van der Waals surface area contributed by atoms with E-state index in [1.54, 1.807) is 16.8 Å². The lowest BCUT2D eigenvalue weighted by Crippen LogP contribution is -2.08. The molecule has 0 unspecified atom stereocenters. The Balaban J connectivity index is 1.71. The number of aromatic nitrogens is 4. The molecule has 0 saturated carbocycles. The summed E-state index contributed by atoms with van der Waals surface area (Å²) in [4.78, 5) is 4.25. The van der Waals surface area contributed by atoms with E-state index in [-0.39, 0.29) is 0 Å². The largest absolute Gasteiger partial charge is 0.368 e. The lowest BCUT2D eigenvalue weighted by molar-refractivity contribution is 0.998. The van der Waals surface area contributed by atoms with Crippen molar-refractivity contribution < 1.29 is 0 Å². The Morgan fingerprint density at radius 1 is 1.30 bits per heavy atom. The Labute approximate surface area is 120 Å². The second kappa shape index (κ2) is 5.34. The number of anilines is 2. The van der Waals surface area contributed by atoms with E-state index in [0.717, 1.165) is 23.6 Å². The van der Waals surface area contributed by atoms with Crippen LogP contribution in [0.5, 0.6) is 0 Å². The van der Waals surface area contributed by atoms with Gasteiger partial charge in [-0.15, -0.1) is 10.2 Å². The molecule has 0 spiro atoms. The van der Waals surface area contributed by atoms with E-state index in [0.29, 0.717) is 17.4 Å². The first-order valence-corrected chi connectivity index (χ1v) is 6.55. The Hall–Kier alpha value is -2.34. The van der Waals surface area contributed by atoms with Gasteiger partial charge in [0, 0.05) is 24.0 Å². The summed E-state index contributed by atoms with van der Waals surface area (Å²) in [5.41, 5.74) is 7.49. The van der Waals surface area contributed by atoms with Gasteiger partial charge in [0.2, 0.25) is 11.6 Å². The highest BCUT2D eigenvalue weighted by molar-refractivity contribution is 6.30. The first kappa shape index (κ1) is 12.7. The fraction of sp³-hybridized carbons (Fsp3) is 0.154. The van der Waals surface area contributed by atoms with Gasteiger partial charge >= 0.3 is 0 Å². The van der Waals surface area contributed by atoms with Crippen LogP contribution in [0.15, 0.2) is 36.7 Å². The number of fused-ring (bicyclic) bond motifs is 1.